The zero-order chi connectivity index (χ0) is 15.7. The molecule has 0 heterocycles. The monoisotopic (exact) mass is 292 g/mol. The van der Waals surface area contributed by atoms with Crippen molar-refractivity contribution in [2.24, 2.45) is 0 Å². The van der Waals surface area contributed by atoms with Crippen molar-refractivity contribution in [3.05, 3.63) is 35.4 Å². The van der Waals surface area contributed by atoms with Crippen LogP contribution < -0.4 is 10.6 Å². The van der Waals surface area contributed by atoms with Gasteiger partial charge in [-0.3, -0.25) is 0 Å². The van der Waals surface area contributed by atoms with Gasteiger partial charge in [-0.25, -0.2) is 9.59 Å². The highest BCUT2D eigenvalue weighted by Gasteiger charge is 2.18. The van der Waals surface area contributed by atoms with Crippen molar-refractivity contribution in [3.8, 4) is 0 Å². The van der Waals surface area contributed by atoms with Crippen LogP contribution in [0.5, 0.6) is 0 Å². The molecule has 0 aliphatic rings. The fourth-order valence-electron chi connectivity index (χ4n) is 1.95. The Morgan fingerprint density at radius 1 is 1.14 bits per heavy atom. The van der Waals surface area contributed by atoms with E-state index in [0.29, 0.717) is 13.0 Å². The fourth-order valence-corrected chi connectivity index (χ4v) is 1.95. The van der Waals surface area contributed by atoms with Crippen LogP contribution in [0.2, 0.25) is 0 Å². The average Bonchev–Trinajstić information content (AvgIpc) is 2.49. The summed E-state index contributed by atoms with van der Waals surface area (Å²) in [4.78, 5) is 22.8. The number of carbonyl (C=O) groups is 2. The van der Waals surface area contributed by atoms with Crippen LogP contribution in [-0.4, -0.2) is 23.1 Å². The van der Waals surface area contributed by atoms with Gasteiger partial charge in [0.15, 0.2) is 0 Å². The predicted molar refractivity (Wildman–Crippen MR) is 82.1 cm³/mol. The van der Waals surface area contributed by atoms with Crippen LogP contribution in [0.3, 0.4) is 0 Å². The Kier molecular flexibility index (Phi) is 7.29. The van der Waals surface area contributed by atoms with E-state index in [-0.39, 0.29) is 0 Å². The zero-order valence-electron chi connectivity index (χ0n) is 12.7. The maximum absolute atomic E-state index is 11.7. The molecule has 116 valence electrons. The number of aryl methyl sites for hydroxylation is 1. The Hall–Kier alpha value is -2.04. The molecule has 1 rings (SSSR count). The summed E-state index contributed by atoms with van der Waals surface area (Å²) >= 11 is 0. The molecule has 1 aromatic carbocycles. The van der Waals surface area contributed by atoms with Crippen molar-refractivity contribution in [2.45, 2.75) is 52.1 Å². The molecule has 3 N–H and O–H groups in total. The molecule has 2 amide bonds. The first-order valence-corrected chi connectivity index (χ1v) is 7.41. The molecule has 0 aliphatic heterocycles. The molecule has 0 radical (unpaired) electrons. The molecule has 0 saturated heterocycles. The molecular formula is C16H24N2O3. The summed E-state index contributed by atoms with van der Waals surface area (Å²) in [6.07, 6.45) is 3.10. The number of aliphatic carboxylic acids is 1. The van der Waals surface area contributed by atoms with E-state index in [4.69, 9.17) is 5.11 Å². The molecule has 1 unspecified atom stereocenters. The summed E-state index contributed by atoms with van der Waals surface area (Å²) in [7, 11) is 0. The smallest absolute Gasteiger partial charge is 0.326 e. The highest BCUT2D eigenvalue weighted by molar-refractivity contribution is 5.82. The number of carbonyl (C=O) groups excluding carboxylic acids is 1. The van der Waals surface area contributed by atoms with Crippen LogP contribution in [-0.2, 0) is 17.8 Å². The molecule has 0 bridgehead atoms. The second kappa shape index (κ2) is 9.00. The average molecular weight is 292 g/mol. The van der Waals surface area contributed by atoms with Crippen molar-refractivity contribution in [3.63, 3.8) is 0 Å². The van der Waals surface area contributed by atoms with Gasteiger partial charge in [0, 0.05) is 6.54 Å². The lowest BCUT2D eigenvalue weighted by molar-refractivity contribution is -0.139. The van der Waals surface area contributed by atoms with Crippen molar-refractivity contribution in [1.82, 2.24) is 10.6 Å². The molecule has 5 heteroatoms. The van der Waals surface area contributed by atoms with Gasteiger partial charge >= 0.3 is 12.0 Å². The van der Waals surface area contributed by atoms with E-state index < -0.39 is 18.0 Å². The lowest BCUT2D eigenvalue weighted by Gasteiger charge is -2.14. The van der Waals surface area contributed by atoms with Gasteiger partial charge in [0.1, 0.15) is 6.04 Å². The summed E-state index contributed by atoms with van der Waals surface area (Å²) in [6, 6.07) is 6.70. The number of rotatable bonds is 8. The third-order valence-corrected chi connectivity index (χ3v) is 3.33. The number of nitrogens with one attached hydrogen (secondary N) is 2. The van der Waals surface area contributed by atoms with Crippen molar-refractivity contribution in [1.29, 1.82) is 0 Å². The lowest BCUT2D eigenvalue weighted by atomic mass is 10.1. The van der Waals surface area contributed by atoms with E-state index in [1.54, 1.807) is 0 Å². The Labute approximate surface area is 125 Å². The highest BCUT2D eigenvalue weighted by atomic mass is 16.4. The number of benzene rings is 1. The van der Waals surface area contributed by atoms with Crippen LogP contribution in [0.4, 0.5) is 4.79 Å². The molecule has 0 fully saturated rings. The molecule has 21 heavy (non-hydrogen) atoms. The summed E-state index contributed by atoms with van der Waals surface area (Å²) in [5.74, 6) is -0.995. The van der Waals surface area contributed by atoms with Gasteiger partial charge in [-0.2, -0.15) is 0 Å². The first kappa shape index (κ1) is 17.0. The van der Waals surface area contributed by atoms with Crippen LogP contribution >= 0.6 is 0 Å². The number of hydrogen-bond acceptors (Lipinski definition) is 2. The second-order valence-electron chi connectivity index (χ2n) is 5.03. The predicted octanol–water partition coefficient (Wildman–Crippen LogP) is 2.69. The Morgan fingerprint density at radius 2 is 1.76 bits per heavy atom. The van der Waals surface area contributed by atoms with Crippen molar-refractivity contribution in [2.75, 3.05) is 0 Å². The van der Waals surface area contributed by atoms with Gasteiger partial charge < -0.3 is 15.7 Å². The number of urea groups is 1. The number of carboxylic acids is 1. The van der Waals surface area contributed by atoms with E-state index in [0.717, 1.165) is 24.8 Å². The van der Waals surface area contributed by atoms with Crippen molar-refractivity contribution >= 4 is 12.0 Å². The van der Waals surface area contributed by atoms with E-state index in [1.165, 1.54) is 5.56 Å². The van der Waals surface area contributed by atoms with Crippen LogP contribution in [0.1, 0.15) is 44.2 Å². The molecule has 0 saturated carbocycles. The SMILES string of the molecule is CCCCC(NC(=O)NCc1ccc(CC)cc1)C(=O)O. The molecule has 0 aromatic heterocycles. The maximum atomic E-state index is 11.7. The standard InChI is InChI=1S/C16H24N2O3/c1-3-5-6-14(15(19)20)18-16(21)17-11-13-9-7-12(4-2)8-10-13/h7-10,14H,3-6,11H2,1-2H3,(H,19,20)(H2,17,18,21). The van der Waals surface area contributed by atoms with Crippen LogP contribution in [0.15, 0.2) is 24.3 Å². The maximum Gasteiger partial charge on any atom is 0.326 e. The Balaban J connectivity index is 2.42. The van der Waals surface area contributed by atoms with Crippen LogP contribution in [0.25, 0.3) is 0 Å². The molecule has 0 aliphatic carbocycles. The lowest BCUT2D eigenvalue weighted by Crippen LogP contribution is -2.45. The quantitative estimate of drug-likeness (QED) is 0.689. The number of carboxylic acid groups (broad SMARTS) is 1. The van der Waals surface area contributed by atoms with Crippen molar-refractivity contribution < 1.29 is 14.7 Å². The first-order chi connectivity index (χ1) is 10.1. The Bertz CT molecular complexity index is 457. The van der Waals surface area contributed by atoms with E-state index >= 15 is 0 Å². The second-order valence-corrected chi connectivity index (χ2v) is 5.03. The third-order valence-electron chi connectivity index (χ3n) is 3.33. The van der Waals surface area contributed by atoms with Gasteiger partial charge in [-0.15, -0.1) is 0 Å². The van der Waals surface area contributed by atoms with Gasteiger partial charge in [0.25, 0.3) is 0 Å². The molecule has 1 atom stereocenters. The Morgan fingerprint density at radius 3 is 2.29 bits per heavy atom. The summed E-state index contributed by atoms with van der Waals surface area (Å²) < 4.78 is 0. The molecule has 1 aromatic rings. The van der Waals surface area contributed by atoms with E-state index in [2.05, 4.69) is 17.6 Å². The van der Waals surface area contributed by atoms with Gasteiger partial charge in [-0.1, -0.05) is 51.0 Å². The number of amides is 2. The van der Waals surface area contributed by atoms with Gasteiger partial charge in [0.05, 0.1) is 0 Å². The van der Waals surface area contributed by atoms with Crippen LogP contribution in [0, 0.1) is 0 Å². The number of hydrogen-bond donors (Lipinski definition) is 3. The van der Waals surface area contributed by atoms with Gasteiger partial charge in [-0.05, 0) is 24.0 Å². The fraction of sp³-hybridized carbons (Fsp3) is 0.500. The normalized spacial score (nSPS) is 11.7. The summed E-state index contributed by atoms with van der Waals surface area (Å²) in [5.41, 5.74) is 2.23. The summed E-state index contributed by atoms with van der Waals surface area (Å²) in [6.45, 7) is 4.46. The first-order valence-electron chi connectivity index (χ1n) is 7.41. The summed E-state index contributed by atoms with van der Waals surface area (Å²) in [5, 5.41) is 14.2. The molecular weight excluding hydrogens is 268 g/mol. The van der Waals surface area contributed by atoms with Gasteiger partial charge in [0.2, 0.25) is 0 Å². The zero-order valence-corrected chi connectivity index (χ0v) is 12.7. The molecule has 5 nitrogen and oxygen atoms in total. The topological polar surface area (TPSA) is 78.4 Å². The molecule has 0 spiro atoms. The largest absolute Gasteiger partial charge is 0.480 e. The van der Waals surface area contributed by atoms with E-state index in [9.17, 15) is 9.59 Å². The minimum Gasteiger partial charge on any atom is -0.480 e. The highest BCUT2D eigenvalue weighted by Crippen LogP contribution is 2.05. The minimum absolute atomic E-state index is 0.385. The number of unbranched alkanes of at least 4 members (excludes halogenated alkanes) is 1. The minimum atomic E-state index is -0.995. The van der Waals surface area contributed by atoms with E-state index in [1.807, 2.05) is 31.2 Å². The third kappa shape index (κ3) is 6.29.